The van der Waals surface area contributed by atoms with Gasteiger partial charge in [0.1, 0.15) is 6.07 Å². The van der Waals surface area contributed by atoms with E-state index in [1.807, 2.05) is 32.9 Å². The van der Waals surface area contributed by atoms with Crippen molar-refractivity contribution in [3.8, 4) is 6.07 Å². The van der Waals surface area contributed by atoms with Crippen molar-refractivity contribution in [1.82, 2.24) is 0 Å². The Kier molecular flexibility index (Phi) is 6.48. The average Bonchev–Trinajstić information content (AvgIpc) is 3.00. The molecule has 27 heavy (non-hydrogen) atoms. The molecule has 0 fully saturated rings. The first-order valence-electron chi connectivity index (χ1n) is 8.06. The third kappa shape index (κ3) is 4.98. The zero-order valence-corrected chi connectivity index (χ0v) is 17.4. The highest BCUT2D eigenvalue weighted by atomic mass is 35.5. The van der Waals surface area contributed by atoms with Crippen molar-refractivity contribution >= 4 is 52.3 Å². The number of carbonyl (C=O) groups excluding carboxylic acids is 2. The average molecular weight is 421 g/mol. The minimum Gasteiger partial charge on any atom is -0.365 e. The standard InChI is InChI=1S/C20H18Cl2N2O2S/c1-20(2,3)16-9-12(18(27-16)19(24)26)8-15(25)13(10-23)7-11-5-4-6-14(21)17(11)22/h4-7,9H,8H2,1-3H3,(H2,24,26)/b13-7+. The van der Waals surface area contributed by atoms with Crippen molar-refractivity contribution in [3.63, 3.8) is 0 Å². The Bertz CT molecular complexity index is 979. The number of thiophene rings is 1. The Balaban J connectivity index is 2.39. The van der Waals surface area contributed by atoms with Crippen LogP contribution in [0.25, 0.3) is 6.08 Å². The lowest BCUT2D eigenvalue weighted by Gasteiger charge is -2.15. The van der Waals surface area contributed by atoms with Crippen molar-refractivity contribution < 1.29 is 9.59 Å². The van der Waals surface area contributed by atoms with Crippen LogP contribution in [-0.4, -0.2) is 11.7 Å². The van der Waals surface area contributed by atoms with Crippen LogP contribution < -0.4 is 5.73 Å². The minimum atomic E-state index is -0.585. The smallest absolute Gasteiger partial charge is 0.259 e. The lowest BCUT2D eigenvalue weighted by Crippen LogP contribution is -2.13. The molecule has 0 atom stereocenters. The van der Waals surface area contributed by atoms with E-state index in [2.05, 4.69) is 0 Å². The van der Waals surface area contributed by atoms with Crippen LogP contribution in [0.4, 0.5) is 0 Å². The Morgan fingerprint density at radius 1 is 1.30 bits per heavy atom. The number of Topliss-reactive ketones (excluding diaryl/α,β-unsaturated/α-hetero) is 1. The second kappa shape index (κ2) is 8.26. The lowest BCUT2D eigenvalue weighted by molar-refractivity contribution is -0.114. The summed E-state index contributed by atoms with van der Waals surface area (Å²) in [7, 11) is 0. The summed E-state index contributed by atoms with van der Waals surface area (Å²) >= 11 is 13.4. The fraction of sp³-hybridized carbons (Fsp3) is 0.250. The second-order valence-electron chi connectivity index (χ2n) is 6.99. The molecule has 0 unspecified atom stereocenters. The molecule has 7 heteroatoms. The molecule has 1 aromatic heterocycles. The van der Waals surface area contributed by atoms with Gasteiger partial charge in [0.2, 0.25) is 0 Å². The lowest BCUT2D eigenvalue weighted by atomic mass is 9.93. The summed E-state index contributed by atoms with van der Waals surface area (Å²) in [5.74, 6) is -1.01. The zero-order chi connectivity index (χ0) is 20.4. The number of primary amides is 1. The number of ketones is 1. The van der Waals surface area contributed by atoms with E-state index in [-0.39, 0.29) is 22.4 Å². The summed E-state index contributed by atoms with van der Waals surface area (Å²) in [6, 6.07) is 8.67. The molecule has 1 aromatic carbocycles. The summed E-state index contributed by atoms with van der Waals surface area (Å²) in [6.07, 6.45) is 1.31. The normalized spacial score (nSPS) is 11.9. The molecule has 2 N–H and O–H groups in total. The molecule has 0 saturated carbocycles. The highest BCUT2D eigenvalue weighted by molar-refractivity contribution is 7.14. The van der Waals surface area contributed by atoms with Gasteiger partial charge in [-0.3, -0.25) is 9.59 Å². The summed E-state index contributed by atoms with van der Waals surface area (Å²) in [5, 5.41) is 10.0. The fourth-order valence-electron chi connectivity index (χ4n) is 2.37. The van der Waals surface area contributed by atoms with Gasteiger partial charge in [-0.25, -0.2) is 0 Å². The van der Waals surface area contributed by atoms with Gasteiger partial charge in [-0.2, -0.15) is 5.26 Å². The molecule has 0 aliphatic heterocycles. The minimum absolute atomic E-state index is 0.0712. The van der Waals surface area contributed by atoms with Crippen LogP contribution in [0.5, 0.6) is 0 Å². The quantitative estimate of drug-likeness (QED) is 0.534. The second-order valence-corrected chi connectivity index (χ2v) is 8.83. The van der Waals surface area contributed by atoms with E-state index < -0.39 is 11.7 Å². The van der Waals surface area contributed by atoms with Gasteiger partial charge in [-0.15, -0.1) is 11.3 Å². The van der Waals surface area contributed by atoms with Crippen molar-refractivity contribution in [2.45, 2.75) is 32.6 Å². The molecule has 0 saturated heterocycles. The van der Waals surface area contributed by atoms with Crippen molar-refractivity contribution in [1.29, 1.82) is 5.26 Å². The van der Waals surface area contributed by atoms with Crippen LogP contribution in [0.1, 0.15) is 46.4 Å². The molecule has 0 spiro atoms. The number of benzene rings is 1. The van der Waals surface area contributed by atoms with Gasteiger partial charge in [0.25, 0.3) is 5.91 Å². The van der Waals surface area contributed by atoms with Gasteiger partial charge >= 0.3 is 0 Å². The van der Waals surface area contributed by atoms with Crippen molar-refractivity contribution in [3.05, 3.63) is 60.8 Å². The molecule has 1 heterocycles. The summed E-state index contributed by atoms with van der Waals surface area (Å²) in [4.78, 5) is 25.7. The van der Waals surface area contributed by atoms with E-state index in [0.717, 1.165) is 4.88 Å². The maximum atomic E-state index is 12.7. The predicted molar refractivity (Wildman–Crippen MR) is 110 cm³/mol. The first-order valence-corrected chi connectivity index (χ1v) is 9.63. The van der Waals surface area contributed by atoms with E-state index >= 15 is 0 Å². The summed E-state index contributed by atoms with van der Waals surface area (Å²) in [6.45, 7) is 6.03. The predicted octanol–water partition coefficient (Wildman–Crippen LogP) is 5.17. The Labute approximate surface area is 172 Å². The summed E-state index contributed by atoms with van der Waals surface area (Å²) < 4.78 is 0. The molecule has 140 valence electrons. The number of rotatable bonds is 5. The summed E-state index contributed by atoms with van der Waals surface area (Å²) in [5.41, 5.74) is 6.22. The van der Waals surface area contributed by atoms with Crippen LogP contribution in [-0.2, 0) is 16.6 Å². The number of amides is 1. The third-order valence-electron chi connectivity index (χ3n) is 3.83. The first-order chi connectivity index (χ1) is 12.5. The van der Waals surface area contributed by atoms with Crippen LogP contribution in [0.3, 0.4) is 0 Å². The Hall–Kier alpha value is -2.13. The van der Waals surface area contributed by atoms with Crippen LogP contribution in [0.15, 0.2) is 29.8 Å². The maximum Gasteiger partial charge on any atom is 0.259 e. The number of hydrogen-bond donors (Lipinski definition) is 1. The van der Waals surface area contributed by atoms with Gasteiger partial charge < -0.3 is 5.73 Å². The highest BCUT2D eigenvalue weighted by Crippen LogP contribution is 2.33. The first kappa shape index (κ1) is 21.2. The number of nitrogens with zero attached hydrogens (tertiary/aromatic N) is 1. The van der Waals surface area contributed by atoms with Crippen molar-refractivity contribution in [2.75, 3.05) is 0 Å². The number of hydrogen-bond acceptors (Lipinski definition) is 4. The molecule has 0 bridgehead atoms. The number of allylic oxidation sites excluding steroid dienone is 1. The topological polar surface area (TPSA) is 83.9 Å². The maximum absolute atomic E-state index is 12.7. The Morgan fingerprint density at radius 3 is 2.52 bits per heavy atom. The molecule has 0 radical (unpaired) electrons. The van der Waals surface area contributed by atoms with Gasteiger partial charge in [-0.1, -0.05) is 56.1 Å². The van der Waals surface area contributed by atoms with Gasteiger partial charge in [0.15, 0.2) is 5.78 Å². The number of nitriles is 1. The SMILES string of the molecule is CC(C)(C)c1cc(CC(=O)/C(C#N)=C/c2cccc(Cl)c2Cl)c(C(N)=O)s1. The van der Waals surface area contributed by atoms with E-state index in [4.69, 9.17) is 28.9 Å². The van der Waals surface area contributed by atoms with Crippen LogP contribution >= 0.6 is 34.5 Å². The molecule has 0 aliphatic carbocycles. The molecule has 4 nitrogen and oxygen atoms in total. The number of halogens is 2. The molecule has 1 amide bonds. The van der Waals surface area contributed by atoms with Gasteiger partial charge in [-0.05, 0) is 34.8 Å². The Morgan fingerprint density at radius 2 is 1.96 bits per heavy atom. The zero-order valence-electron chi connectivity index (χ0n) is 15.1. The highest BCUT2D eigenvalue weighted by Gasteiger charge is 2.24. The third-order valence-corrected chi connectivity index (χ3v) is 6.28. The molecule has 2 rings (SSSR count). The van der Waals surface area contributed by atoms with Gasteiger partial charge in [0, 0.05) is 11.3 Å². The van der Waals surface area contributed by atoms with Crippen molar-refractivity contribution in [2.24, 2.45) is 5.73 Å². The van der Waals surface area contributed by atoms with E-state index in [0.29, 0.717) is 21.0 Å². The monoisotopic (exact) mass is 420 g/mol. The molecule has 2 aromatic rings. The van der Waals surface area contributed by atoms with Crippen LogP contribution in [0.2, 0.25) is 10.0 Å². The van der Waals surface area contributed by atoms with E-state index in [9.17, 15) is 14.9 Å². The van der Waals surface area contributed by atoms with Gasteiger partial charge in [0.05, 0.1) is 20.5 Å². The molecular weight excluding hydrogens is 403 g/mol. The number of carbonyl (C=O) groups is 2. The van der Waals surface area contributed by atoms with E-state index in [1.54, 1.807) is 18.2 Å². The largest absolute Gasteiger partial charge is 0.365 e. The molecular formula is C20H18Cl2N2O2S. The van der Waals surface area contributed by atoms with Crippen LogP contribution in [0, 0.1) is 11.3 Å². The number of nitrogens with two attached hydrogens (primary N) is 1. The van der Waals surface area contributed by atoms with E-state index in [1.165, 1.54) is 17.4 Å². The fourth-order valence-corrected chi connectivity index (χ4v) is 3.82. The molecule has 0 aliphatic rings.